The minimum absolute atomic E-state index is 0. The molecule has 45 heavy (non-hydrogen) atoms. The van der Waals surface area contributed by atoms with Gasteiger partial charge in [-0.05, 0) is 12.8 Å². The third kappa shape index (κ3) is 6.77. The van der Waals surface area contributed by atoms with Crippen molar-refractivity contribution in [3.05, 3.63) is 204 Å². The van der Waals surface area contributed by atoms with Crippen LogP contribution in [0.25, 0.3) is 43.8 Å². The van der Waals surface area contributed by atoms with E-state index in [0.717, 1.165) is 12.8 Å². The van der Waals surface area contributed by atoms with Crippen LogP contribution in [-0.2, 0) is 30.2 Å². The molecule has 0 fully saturated rings. The molecule has 0 aromatic heterocycles. The van der Waals surface area contributed by atoms with Gasteiger partial charge in [0.2, 0.25) is 0 Å². The Bertz CT molecular complexity index is 1840. The molecule has 0 unspecified atom stereocenters. The van der Waals surface area contributed by atoms with Gasteiger partial charge in [0.05, 0.1) is 0 Å². The van der Waals surface area contributed by atoms with Crippen molar-refractivity contribution in [1.29, 1.82) is 0 Å². The maximum absolute atomic E-state index is 3.30. The van der Waals surface area contributed by atoms with E-state index in [1.54, 1.807) is 0 Å². The molecule has 0 aliphatic heterocycles. The third-order valence-electron chi connectivity index (χ3n) is 8.33. The monoisotopic (exact) mass is 612 g/mol. The van der Waals surface area contributed by atoms with Gasteiger partial charge in [0, 0.05) is 0 Å². The van der Waals surface area contributed by atoms with Crippen molar-refractivity contribution in [3.63, 3.8) is 0 Å². The molecular weight excluding hydrogens is 580 g/mol. The molecule has 8 aromatic rings. The van der Waals surface area contributed by atoms with E-state index in [1.807, 2.05) is 12.1 Å². The summed E-state index contributed by atoms with van der Waals surface area (Å²) < 4.78 is 0. The normalized spacial score (nSPS) is 11.2. The second kappa shape index (κ2) is 14.2. The molecule has 0 nitrogen and oxygen atoms in total. The summed E-state index contributed by atoms with van der Waals surface area (Å²) in [7, 11) is 0. The quantitative estimate of drug-likeness (QED) is 0.150. The second-order valence-corrected chi connectivity index (χ2v) is 11.1. The summed E-state index contributed by atoms with van der Waals surface area (Å²) in [6.45, 7) is 0. The zero-order valence-corrected chi connectivity index (χ0v) is 26.3. The summed E-state index contributed by atoms with van der Waals surface area (Å²) in [6.07, 6.45) is 2.10. The maximum atomic E-state index is 3.30. The van der Waals surface area contributed by atoms with Crippen LogP contribution >= 0.6 is 0 Å². The minimum atomic E-state index is 0. The van der Waals surface area contributed by atoms with Gasteiger partial charge in [0.15, 0.2) is 0 Å². The fraction of sp³-hybridized carbons (Fsp3) is 0.0455. The summed E-state index contributed by atoms with van der Waals surface area (Å²) in [4.78, 5) is 0. The number of fused-ring (bicyclic) bond motifs is 8. The number of hydrogen-bond donors (Lipinski definition) is 0. The van der Waals surface area contributed by atoms with E-state index in [9.17, 15) is 0 Å². The first-order valence-corrected chi connectivity index (χ1v) is 15.2. The maximum Gasteiger partial charge on any atom is 4.00 e. The Morgan fingerprint density at radius 1 is 0.400 bits per heavy atom. The van der Waals surface area contributed by atoms with Crippen molar-refractivity contribution in [1.82, 2.24) is 0 Å². The first-order valence-electron chi connectivity index (χ1n) is 15.2. The number of rotatable bonds is 0. The summed E-state index contributed by atoms with van der Waals surface area (Å²) in [5, 5.41) is 5.32. The fourth-order valence-corrected chi connectivity index (χ4v) is 6.14. The van der Waals surface area contributed by atoms with Crippen molar-refractivity contribution in [3.8, 4) is 22.3 Å². The predicted molar refractivity (Wildman–Crippen MR) is 186 cm³/mol. The molecule has 8 aromatic carbocycles. The molecule has 1 heteroatoms. The Labute approximate surface area is 277 Å². The van der Waals surface area contributed by atoms with Gasteiger partial charge in [-0.25, -0.2) is 0 Å². The van der Waals surface area contributed by atoms with Crippen LogP contribution < -0.4 is 0 Å². The van der Waals surface area contributed by atoms with Crippen LogP contribution in [-0.4, -0.2) is 0 Å². The van der Waals surface area contributed by atoms with Crippen LogP contribution in [0.4, 0.5) is 0 Å². The molecule has 0 saturated heterocycles. The van der Waals surface area contributed by atoms with E-state index in [-0.39, 0.29) is 17.4 Å². The van der Waals surface area contributed by atoms with Crippen molar-refractivity contribution in [2.45, 2.75) is 12.8 Å². The Kier molecular flexibility index (Phi) is 9.53. The standard InChI is InChI=1S/2C13H9.2C9H7.Cr/c2*1-3-7-12-10(5-1)9-11-6-2-4-8-13(11)12;2*1-2-5-9-7-3-6-8(9)4-1;/h2*1-5,7-8H,9H2;2*1-7H;/q4*-1;+4. The Balaban J connectivity index is 0.000000107. The molecule has 2 aliphatic rings. The first-order chi connectivity index (χ1) is 21.8. The van der Waals surface area contributed by atoms with Crippen LogP contribution in [0.2, 0.25) is 0 Å². The van der Waals surface area contributed by atoms with E-state index in [1.165, 1.54) is 66.1 Å². The zero-order valence-electron chi connectivity index (χ0n) is 25.0. The van der Waals surface area contributed by atoms with Gasteiger partial charge in [-0.2, -0.15) is 94.7 Å². The summed E-state index contributed by atoms with van der Waals surface area (Å²) >= 11 is 0. The second-order valence-electron chi connectivity index (χ2n) is 11.1. The van der Waals surface area contributed by atoms with Crippen LogP contribution in [0.1, 0.15) is 22.3 Å². The molecule has 0 bridgehead atoms. The molecule has 0 amide bonds. The van der Waals surface area contributed by atoms with Crippen LogP contribution in [0.5, 0.6) is 0 Å². The third-order valence-corrected chi connectivity index (χ3v) is 8.33. The van der Waals surface area contributed by atoms with Crippen molar-refractivity contribution in [2.24, 2.45) is 0 Å². The predicted octanol–water partition coefficient (Wildman–Crippen LogP) is 11.2. The molecule has 0 N–H and O–H groups in total. The van der Waals surface area contributed by atoms with Crippen LogP contribution in [0.3, 0.4) is 0 Å². The Morgan fingerprint density at radius 3 is 1.27 bits per heavy atom. The van der Waals surface area contributed by atoms with Gasteiger partial charge in [-0.1, -0.05) is 82.9 Å². The van der Waals surface area contributed by atoms with Crippen LogP contribution in [0.15, 0.2) is 170 Å². The molecule has 0 atom stereocenters. The van der Waals surface area contributed by atoms with Gasteiger partial charge in [0.25, 0.3) is 0 Å². The topological polar surface area (TPSA) is 0 Å². The Morgan fingerprint density at radius 2 is 0.800 bits per heavy atom. The smallest absolute Gasteiger partial charge is 0.179 e. The van der Waals surface area contributed by atoms with E-state index in [2.05, 4.69) is 170 Å². The minimum Gasteiger partial charge on any atom is -0.179 e. The first kappa shape index (κ1) is 30.1. The van der Waals surface area contributed by atoms with Crippen molar-refractivity contribution >= 4 is 21.5 Å². The SMILES string of the molecule is [Cr+4].[c-]1cccc2c1Cc1ccccc1-2.[c-]1cccc2c1Cc1ccccc1-2.c1ccc2[cH-]ccc2c1.c1ccc2[cH-]ccc2c1. The van der Waals surface area contributed by atoms with Gasteiger partial charge in [-0.3, -0.25) is 0 Å². The molecule has 10 rings (SSSR count). The Hall–Kier alpha value is -4.93. The summed E-state index contributed by atoms with van der Waals surface area (Å²) in [5.41, 5.74) is 11.0. The summed E-state index contributed by atoms with van der Waals surface area (Å²) in [5.74, 6) is 0. The van der Waals surface area contributed by atoms with E-state index < -0.39 is 0 Å². The van der Waals surface area contributed by atoms with Gasteiger partial charge < -0.3 is 0 Å². The average molecular weight is 613 g/mol. The van der Waals surface area contributed by atoms with Crippen molar-refractivity contribution < 1.29 is 17.4 Å². The average Bonchev–Trinajstić information content (AvgIpc) is 3.90. The molecular formula is C44H32Cr. The van der Waals surface area contributed by atoms with E-state index in [4.69, 9.17) is 0 Å². The van der Waals surface area contributed by atoms with Crippen LogP contribution in [0, 0.1) is 12.1 Å². The van der Waals surface area contributed by atoms with E-state index >= 15 is 0 Å². The number of hydrogen-bond acceptors (Lipinski definition) is 0. The number of benzene rings is 6. The van der Waals surface area contributed by atoms with Gasteiger partial charge in [0.1, 0.15) is 0 Å². The molecule has 0 saturated carbocycles. The molecule has 0 radical (unpaired) electrons. The molecule has 214 valence electrons. The molecule has 0 spiro atoms. The van der Waals surface area contributed by atoms with Crippen molar-refractivity contribution in [2.75, 3.05) is 0 Å². The van der Waals surface area contributed by atoms with E-state index in [0.29, 0.717) is 0 Å². The van der Waals surface area contributed by atoms with Gasteiger partial charge in [-0.15, -0.1) is 70.4 Å². The fourth-order valence-electron chi connectivity index (χ4n) is 6.14. The van der Waals surface area contributed by atoms with Gasteiger partial charge >= 0.3 is 17.4 Å². The largest absolute Gasteiger partial charge is 4.00 e. The molecule has 2 aliphatic carbocycles. The summed E-state index contributed by atoms with van der Waals surface area (Å²) in [6, 6.07) is 65.6. The molecule has 0 heterocycles. The zero-order chi connectivity index (χ0) is 29.6.